The molecule has 0 aliphatic rings. The molecular weight excluding hydrogens is 161 g/mol. The van der Waals surface area contributed by atoms with Crippen LogP contribution < -0.4 is 0 Å². The van der Waals surface area contributed by atoms with Crippen molar-refractivity contribution < 1.29 is 5.11 Å². The summed E-state index contributed by atoms with van der Waals surface area (Å²) in [5.74, 6) is 0. The highest BCUT2D eigenvalue weighted by atomic mass is 35.5. The van der Waals surface area contributed by atoms with Crippen LogP contribution in [0.15, 0.2) is 0 Å². The van der Waals surface area contributed by atoms with Crippen molar-refractivity contribution >= 4 is 23.6 Å². The van der Waals surface area contributed by atoms with Gasteiger partial charge in [-0.25, -0.2) is 0 Å². The van der Waals surface area contributed by atoms with E-state index in [0.29, 0.717) is 6.42 Å². The van der Waals surface area contributed by atoms with Gasteiger partial charge in [-0.2, -0.15) is 0 Å². The Bertz CT molecular complexity index is 85.0. The van der Waals surface area contributed by atoms with E-state index in [-0.39, 0.29) is 12.1 Å². The lowest BCUT2D eigenvalue weighted by Gasteiger charge is -2.25. The van der Waals surface area contributed by atoms with Crippen LogP contribution in [0.5, 0.6) is 0 Å². The molecule has 9 heavy (non-hydrogen) atoms. The van der Waals surface area contributed by atoms with Crippen molar-refractivity contribution in [1.29, 1.82) is 0 Å². The zero-order chi connectivity index (χ0) is 7.49. The third-order valence-electron chi connectivity index (χ3n) is 1.18. The highest BCUT2D eigenvalue weighted by molar-refractivity contribution is 6.34. The molecular formula is C5H11Cl2NO. The molecule has 0 fully saturated rings. The predicted molar refractivity (Wildman–Crippen MR) is 39.3 cm³/mol. The SMILES string of the molecule is CC(C)(CCO)N(Cl)Cl. The van der Waals surface area contributed by atoms with E-state index in [1.54, 1.807) is 0 Å². The Balaban J connectivity index is 3.70. The molecule has 0 amide bonds. The van der Waals surface area contributed by atoms with Crippen LogP contribution in [0.25, 0.3) is 0 Å². The molecule has 56 valence electrons. The van der Waals surface area contributed by atoms with E-state index in [4.69, 9.17) is 28.7 Å². The number of nitrogens with zero attached hydrogens (tertiary/aromatic N) is 1. The summed E-state index contributed by atoms with van der Waals surface area (Å²) in [6.07, 6.45) is 0.569. The van der Waals surface area contributed by atoms with E-state index in [2.05, 4.69) is 0 Å². The average molecular weight is 172 g/mol. The lowest BCUT2D eigenvalue weighted by molar-refractivity contribution is 0.216. The Kier molecular flexibility index (Phi) is 3.82. The van der Waals surface area contributed by atoms with Gasteiger partial charge in [0.05, 0.1) is 0 Å². The van der Waals surface area contributed by atoms with Crippen molar-refractivity contribution in [3.8, 4) is 0 Å². The van der Waals surface area contributed by atoms with Crippen molar-refractivity contribution in [1.82, 2.24) is 3.94 Å². The maximum absolute atomic E-state index is 8.51. The summed E-state index contributed by atoms with van der Waals surface area (Å²) >= 11 is 10.9. The highest BCUT2D eigenvalue weighted by Gasteiger charge is 2.22. The molecule has 0 heterocycles. The van der Waals surface area contributed by atoms with Crippen LogP contribution in [-0.4, -0.2) is 21.2 Å². The summed E-state index contributed by atoms with van der Waals surface area (Å²) < 4.78 is 1.06. The molecule has 1 N–H and O–H groups in total. The third kappa shape index (κ3) is 3.26. The minimum Gasteiger partial charge on any atom is -0.396 e. The second-order valence-electron chi connectivity index (χ2n) is 2.52. The van der Waals surface area contributed by atoms with E-state index >= 15 is 0 Å². The zero-order valence-electron chi connectivity index (χ0n) is 5.56. The second kappa shape index (κ2) is 3.62. The van der Waals surface area contributed by atoms with Crippen LogP contribution in [0.1, 0.15) is 20.3 Å². The summed E-state index contributed by atoms with van der Waals surface area (Å²) in [6.45, 7) is 3.80. The quantitative estimate of drug-likeness (QED) is 0.655. The summed E-state index contributed by atoms with van der Waals surface area (Å²) in [4.78, 5) is 0. The first kappa shape index (κ1) is 9.50. The van der Waals surface area contributed by atoms with E-state index in [0.717, 1.165) is 3.94 Å². The Morgan fingerprint density at radius 2 is 1.89 bits per heavy atom. The largest absolute Gasteiger partial charge is 0.396 e. The fourth-order valence-corrected chi connectivity index (χ4v) is 0.527. The Morgan fingerprint density at radius 1 is 1.44 bits per heavy atom. The minimum atomic E-state index is -0.335. The third-order valence-corrected chi connectivity index (χ3v) is 2.10. The molecule has 0 bridgehead atoms. The summed E-state index contributed by atoms with van der Waals surface area (Å²) in [5, 5.41) is 8.51. The highest BCUT2D eigenvalue weighted by Crippen LogP contribution is 2.22. The van der Waals surface area contributed by atoms with Crippen LogP contribution in [0.2, 0.25) is 0 Å². The molecule has 0 saturated carbocycles. The Labute approximate surface area is 65.6 Å². The topological polar surface area (TPSA) is 23.5 Å². The maximum Gasteiger partial charge on any atom is 0.0492 e. The molecule has 0 aliphatic carbocycles. The summed E-state index contributed by atoms with van der Waals surface area (Å²) in [5.41, 5.74) is -0.335. The summed E-state index contributed by atoms with van der Waals surface area (Å²) in [6, 6.07) is 0. The van der Waals surface area contributed by atoms with Gasteiger partial charge < -0.3 is 5.11 Å². The lowest BCUT2D eigenvalue weighted by Crippen LogP contribution is -2.31. The molecule has 0 unspecified atom stereocenters. The lowest BCUT2D eigenvalue weighted by atomic mass is 10.0. The number of hydrogen-bond donors (Lipinski definition) is 1. The molecule has 0 saturated heterocycles. The van der Waals surface area contributed by atoms with Gasteiger partial charge in [-0.05, 0) is 43.8 Å². The van der Waals surface area contributed by atoms with Gasteiger partial charge in [-0.3, -0.25) is 0 Å². The van der Waals surface area contributed by atoms with Crippen LogP contribution in [-0.2, 0) is 0 Å². The zero-order valence-corrected chi connectivity index (χ0v) is 7.08. The van der Waals surface area contributed by atoms with Gasteiger partial charge in [-0.1, -0.05) is 0 Å². The number of halogens is 2. The number of rotatable bonds is 3. The van der Waals surface area contributed by atoms with E-state index in [9.17, 15) is 0 Å². The Hall–Kier alpha value is 0.500. The average Bonchev–Trinajstić information content (AvgIpc) is 1.65. The van der Waals surface area contributed by atoms with E-state index < -0.39 is 0 Å². The standard InChI is InChI=1S/C5H11Cl2NO/c1-5(2,3-4-9)8(6)7/h9H,3-4H2,1-2H3. The summed E-state index contributed by atoms with van der Waals surface area (Å²) in [7, 11) is 0. The molecule has 0 spiro atoms. The molecule has 0 aromatic heterocycles. The molecule has 0 rings (SSSR count). The van der Waals surface area contributed by atoms with Crippen molar-refractivity contribution in [2.75, 3.05) is 6.61 Å². The van der Waals surface area contributed by atoms with Gasteiger partial charge >= 0.3 is 0 Å². The van der Waals surface area contributed by atoms with Crippen molar-refractivity contribution in [2.45, 2.75) is 25.8 Å². The molecule has 0 radical (unpaired) electrons. The monoisotopic (exact) mass is 171 g/mol. The van der Waals surface area contributed by atoms with E-state index in [1.807, 2.05) is 13.8 Å². The smallest absolute Gasteiger partial charge is 0.0492 e. The van der Waals surface area contributed by atoms with Gasteiger partial charge in [0.2, 0.25) is 0 Å². The maximum atomic E-state index is 8.51. The number of hydrogen-bond acceptors (Lipinski definition) is 2. The predicted octanol–water partition coefficient (Wildman–Crippen LogP) is 1.76. The van der Waals surface area contributed by atoms with Gasteiger partial charge in [0.1, 0.15) is 0 Å². The fraction of sp³-hybridized carbons (Fsp3) is 1.00. The first-order valence-electron chi connectivity index (χ1n) is 2.73. The molecule has 0 aromatic rings. The fourth-order valence-electron chi connectivity index (χ4n) is 0.358. The molecule has 0 aliphatic heterocycles. The van der Waals surface area contributed by atoms with Gasteiger partial charge in [0, 0.05) is 12.1 Å². The first-order valence-corrected chi connectivity index (χ1v) is 3.41. The van der Waals surface area contributed by atoms with Gasteiger partial charge in [0.25, 0.3) is 0 Å². The van der Waals surface area contributed by atoms with Crippen LogP contribution in [0, 0.1) is 0 Å². The van der Waals surface area contributed by atoms with Crippen molar-refractivity contribution in [3.05, 3.63) is 0 Å². The molecule has 0 atom stereocenters. The van der Waals surface area contributed by atoms with E-state index in [1.165, 1.54) is 0 Å². The molecule has 4 heteroatoms. The Morgan fingerprint density at radius 3 is 2.00 bits per heavy atom. The van der Waals surface area contributed by atoms with Gasteiger partial charge in [0.15, 0.2) is 0 Å². The van der Waals surface area contributed by atoms with Gasteiger partial charge in [-0.15, -0.1) is 3.94 Å². The molecule has 2 nitrogen and oxygen atoms in total. The van der Waals surface area contributed by atoms with Crippen LogP contribution in [0.3, 0.4) is 0 Å². The molecule has 0 aromatic carbocycles. The van der Waals surface area contributed by atoms with Crippen molar-refractivity contribution in [3.63, 3.8) is 0 Å². The number of aliphatic hydroxyl groups excluding tert-OH is 1. The van der Waals surface area contributed by atoms with Crippen LogP contribution in [0.4, 0.5) is 0 Å². The number of aliphatic hydroxyl groups is 1. The van der Waals surface area contributed by atoms with Crippen LogP contribution >= 0.6 is 23.6 Å². The first-order chi connectivity index (χ1) is 4.00. The second-order valence-corrected chi connectivity index (χ2v) is 3.37. The normalized spacial score (nSPS) is 12.7. The minimum absolute atomic E-state index is 0.100. The van der Waals surface area contributed by atoms with Crippen molar-refractivity contribution in [2.24, 2.45) is 0 Å².